The summed E-state index contributed by atoms with van der Waals surface area (Å²) >= 11 is 0. The molecule has 0 saturated heterocycles. The Labute approximate surface area is 129 Å². The van der Waals surface area contributed by atoms with Gasteiger partial charge >= 0.3 is 0 Å². The number of anilines is 1. The molecule has 2 N–H and O–H groups in total. The van der Waals surface area contributed by atoms with Crippen LogP contribution in [0, 0.1) is 0 Å². The molecule has 2 rings (SSSR count). The Kier molecular flexibility index (Phi) is 5.54. The Balaban J connectivity index is 1.79. The first kappa shape index (κ1) is 15.6. The second-order valence-electron chi connectivity index (χ2n) is 4.76. The van der Waals surface area contributed by atoms with Gasteiger partial charge in [0.15, 0.2) is 6.61 Å². The van der Waals surface area contributed by atoms with Crippen LogP contribution in [0.1, 0.15) is 12.5 Å². The Bertz CT molecular complexity index is 641. The molecule has 5 heteroatoms. The fourth-order valence-electron chi connectivity index (χ4n) is 1.86. The monoisotopic (exact) mass is 298 g/mol. The van der Waals surface area contributed by atoms with Gasteiger partial charge in [-0.1, -0.05) is 36.4 Å². The number of hydrogen-bond acceptors (Lipinski definition) is 3. The fraction of sp³-hybridized carbons (Fsp3) is 0.176. The molecule has 22 heavy (non-hydrogen) atoms. The van der Waals surface area contributed by atoms with Crippen molar-refractivity contribution < 1.29 is 14.3 Å². The summed E-state index contributed by atoms with van der Waals surface area (Å²) < 4.78 is 5.42. The van der Waals surface area contributed by atoms with Crippen molar-refractivity contribution in [2.24, 2.45) is 0 Å². The summed E-state index contributed by atoms with van der Waals surface area (Å²) in [6.45, 7) is 1.83. The first-order valence-corrected chi connectivity index (χ1v) is 6.94. The molecule has 0 heterocycles. The van der Waals surface area contributed by atoms with Crippen LogP contribution in [0.5, 0.6) is 5.75 Å². The predicted octanol–water partition coefficient (Wildman–Crippen LogP) is 2.34. The zero-order chi connectivity index (χ0) is 15.8. The average Bonchev–Trinajstić information content (AvgIpc) is 2.52. The van der Waals surface area contributed by atoms with Crippen LogP contribution in [0.4, 0.5) is 5.69 Å². The van der Waals surface area contributed by atoms with Crippen LogP contribution in [-0.2, 0) is 16.1 Å². The molecule has 0 aliphatic rings. The lowest BCUT2D eigenvalue weighted by atomic mass is 10.2. The zero-order valence-corrected chi connectivity index (χ0v) is 12.3. The molecular formula is C17H18N2O3. The second kappa shape index (κ2) is 7.83. The van der Waals surface area contributed by atoms with Crippen LogP contribution < -0.4 is 15.4 Å². The summed E-state index contributed by atoms with van der Waals surface area (Å²) in [5, 5.41) is 5.44. The van der Waals surface area contributed by atoms with Crippen molar-refractivity contribution >= 4 is 17.5 Å². The van der Waals surface area contributed by atoms with E-state index in [0.29, 0.717) is 18.0 Å². The highest BCUT2D eigenvalue weighted by atomic mass is 16.5. The lowest BCUT2D eigenvalue weighted by Crippen LogP contribution is -2.28. The number of benzene rings is 2. The first-order chi connectivity index (χ1) is 10.6. The van der Waals surface area contributed by atoms with E-state index in [9.17, 15) is 9.59 Å². The normalized spacial score (nSPS) is 9.86. The van der Waals surface area contributed by atoms with Crippen molar-refractivity contribution in [2.75, 3.05) is 11.9 Å². The summed E-state index contributed by atoms with van der Waals surface area (Å²) in [5.41, 5.74) is 1.66. The Morgan fingerprint density at radius 3 is 2.55 bits per heavy atom. The first-order valence-electron chi connectivity index (χ1n) is 6.94. The van der Waals surface area contributed by atoms with Gasteiger partial charge < -0.3 is 15.4 Å². The molecule has 0 unspecified atom stereocenters. The van der Waals surface area contributed by atoms with Gasteiger partial charge in [-0.05, 0) is 17.7 Å². The van der Waals surface area contributed by atoms with Gasteiger partial charge in [-0.15, -0.1) is 0 Å². The van der Waals surface area contributed by atoms with Crippen molar-refractivity contribution in [3.8, 4) is 5.75 Å². The van der Waals surface area contributed by atoms with Crippen LogP contribution in [-0.4, -0.2) is 18.4 Å². The maximum Gasteiger partial charge on any atom is 0.258 e. The molecule has 0 spiro atoms. The predicted molar refractivity (Wildman–Crippen MR) is 84.5 cm³/mol. The van der Waals surface area contributed by atoms with Crippen LogP contribution in [0.15, 0.2) is 54.6 Å². The highest BCUT2D eigenvalue weighted by molar-refractivity contribution is 5.88. The second-order valence-corrected chi connectivity index (χ2v) is 4.76. The summed E-state index contributed by atoms with van der Waals surface area (Å²) in [6, 6.07) is 16.6. The largest absolute Gasteiger partial charge is 0.484 e. The van der Waals surface area contributed by atoms with Crippen molar-refractivity contribution in [1.29, 1.82) is 0 Å². The third-order valence-corrected chi connectivity index (χ3v) is 2.86. The zero-order valence-electron chi connectivity index (χ0n) is 12.3. The van der Waals surface area contributed by atoms with E-state index in [1.54, 1.807) is 24.3 Å². The molecule has 0 bridgehead atoms. The molecule has 2 aromatic carbocycles. The van der Waals surface area contributed by atoms with E-state index < -0.39 is 0 Å². The van der Waals surface area contributed by atoms with E-state index in [1.807, 2.05) is 30.3 Å². The minimum absolute atomic E-state index is 0.0731. The van der Waals surface area contributed by atoms with Crippen LogP contribution >= 0.6 is 0 Å². The number of hydrogen-bond donors (Lipinski definition) is 2. The summed E-state index contributed by atoms with van der Waals surface area (Å²) in [4.78, 5) is 22.7. The SMILES string of the molecule is CC(=O)Nc1cccc(OCC(=O)NCc2ccccc2)c1. The highest BCUT2D eigenvalue weighted by Gasteiger charge is 2.04. The van der Waals surface area contributed by atoms with E-state index in [0.717, 1.165) is 5.56 Å². The average molecular weight is 298 g/mol. The smallest absolute Gasteiger partial charge is 0.258 e. The summed E-state index contributed by atoms with van der Waals surface area (Å²) in [7, 11) is 0. The Morgan fingerprint density at radius 2 is 1.82 bits per heavy atom. The molecule has 0 radical (unpaired) electrons. The summed E-state index contributed by atoms with van der Waals surface area (Å²) in [5.74, 6) is 0.174. The molecule has 0 aliphatic heterocycles. The number of nitrogens with one attached hydrogen (secondary N) is 2. The molecule has 2 aromatic rings. The van der Waals surface area contributed by atoms with Gasteiger partial charge in [-0.2, -0.15) is 0 Å². The van der Waals surface area contributed by atoms with Gasteiger partial charge in [0.05, 0.1) is 0 Å². The van der Waals surface area contributed by atoms with Gasteiger partial charge in [-0.25, -0.2) is 0 Å². The number of rotatable bonds is 6. The van der Waals surface area contributed by atoms with Crippen LogP contribution in [0.2, 0.25) is 0 Å². The highest BCUT2D eigenvalue weighted by Crippen LogP contribution is 2.17. The lowest BCUT2D eigenvalue weighted by molar-refractivity contribution is -0.123. The molecular weight excluding hydrogens is 280 g/mol. The van der Waals surface area contributed by atoms with Gasteiger partial charge in [-0.3, -0.25) is 9.59 Å². The van der Waals surface area contributed by atoms with Crippen LogP contribution in [0.25, 0.3) is 0 Å². The van der Waals surface area contributed by atoms with E-state index >= 15 is 0 Å². The van der Waals surface area contributed by atoms with Crippen molar-refractivity contribution in [3.63, 3.8) is 0 Å². The molecule has 0 atom stereocenters. The molecule has 0 saturated carbocycles. The van der Waals surface area contributed by atoms with Crippen molar-refractivity contribution in [2.45, 2.75) is 13.5 Å². The van der Waals surface area contributed by atoms with Gasteiger partial charge in [0.25, 0.3) is 5.91 Å². The standard InChI is InChI=1S/C17H18N2O3/c1-13(20)19-15-8-5-9-16(10-15)22-12-17(21)18-11-14-6-3-2-4-7-14/h2-10H,11-12H2,1H3,(H,18,21)(H,19,20). The van der Waals surface area contributed by atoms with Gasteiger partial charge in [0, 0.05) is 25.2 Å². The number of amides is 2. The van der Waals surface area contributed by atoms with E-state index in [1.165, 1.54) is 6.92 Å². The molecule has 2 amide bonds. The van der Waals surface area contributed by atoms with E-state index in [2.05, 4.69) is 10.6 Å². The third kappa shape index (κ3) is 5.28. The number of carbonyl (C=O) groups excluding carboxylic acids is 2. The number of ether oxygens (including phenoxy) is 1. The number of carbonyl (C=O) groups is 2. The molecule has 0 aliphatic carbocycles. The van der Waals surface area contributed by atoms with Crippen LogP contribution in [0.3, 0.4) is 0 Å². The minimum Gasteiger partial charge on any atom is -0.484 e. The lowest BCUT2D eigenvalue weighted by Gasteiger charge is -2.09. The summed E-state index contributed by atoms with van der Waals surface area (Å²) in [6.07, 6.45) is 0. The van der Waals surface area contributed by atoms with Gasteiger partial charge in [0.1, 0.15) is 5.75 Å². The maximum absolute atomic E-state index is 11.7. The fourth-order valence-corrected chi connectivity index (χ4v) is 1.86. The third-order valence-electron chi connectivity index (χ3n) is 2.86. The quantitative estimate of drug-likeness (QED) is 0.860. The maximum atomic E-state index is 11.7. The van der Waals surface area contributed by atoms with Crippen molar-refractivity contribution in [1.82, 2.24) is 5.32 Å². The molecule has 0 aromatic heterocycles. The van der Waals surface area contributed by atoms with Gasteiger partial charge in [0.2, 0.25) is 5.91 Å². The topological polar surface area (TPSA) is 67.4 Å². The van der Waals surface area contributed by atoms with Crippen molar-refractivity contribution in [3.05, 3.63) is 60.2 Å². The minimum atomic E-state index is -0.200. The molecule has 114 valence electrons. The Morgan fingerprint density at radius 1 is 1.05 bits per heavy atom. The van der Waals surface area contributed by atoms with E-state index in [-0.39, 0.29) is 18.4 Å². The molecule has 5 nitrogen and oxygen atoms in total. The van der Waals surface area contributed by atoms with E-state index in [4.69, 9.17) is 4.74 Å². The Hall–Kier alpha value is -2.82. The molecule has 0 fully saturated rings.